The van der Waals surface area contributed by atoms with Crippen molar-refractivity contribution in [3.05, 3.63) is 44.8 Å². The summed E-state index contributed by atoms with van der Waals surface area (Å²) >= 11 is 5.12. The molecule has 0 spiro atoms. The third-order valence-electron chi connectivity index (χ3n) is 2.39. The Morgan fingerprint density at radius 1 is 1.41 bits per heavy atom. The van der Waals surface area contributed by atoms with E-state index in [0.717, 1.165) is 29.7 Å². The second-order valence-corrected chi connectivity index (χ2v) is 5.54. The van der Waals surface area contributed by atoms with Crippen molar-refractivity contribution in [2.24, 2.45) is 0 Å². The fourth-order valence-electron chi connectivity index (χ4n) is 1.49. The first-order valence-corrected chi connectivity index (χ1v) is 7.06. The summed E-state index contributed by atoms with van der Waals surface area (Å²) in [7, 11) is 0. The third-order valence-corrected chi connectivity index (χ3v) is 3.92. The molecule has 5 heteroatoms. The maximum absolute atomic E-state index is 5.73. The summed E-state index contributed by atoms with van der Waals surface area (Å²) in [4.78, 5) is 4.24. The molecule has 0 aliphatic rings. The number of rotatable bonds is 5. The van der Waals surface area contributed by atoms with Gasteiger partial charge in [-0.25, -0.2) is 4.98 Å². The Morgan fingerprint density at radius 2 is 2.29 bits per heavy atom. The molecule has 0 atom stereocenters. The van der Waals surface area contributed by atoms with Crippen molar-refractivity contribution in [3.63, 3.8) is 0 Å². The molecular weight excluding hydrogens is 298 g/mol. The lowest BCUT2D eigenvalue weighted by Gasteiger charge is -2.05. The van der Waals surface area contributed by atoms with Gasteiger partial charge in [0.05, 0.1) is 5.01 Å². The fraction of sp³-hybridized carbons (Fsp3) is 0.250. The molecule has 0 saturated carbocycles. The smallest absolute Gasteiger partial charge is 0.0937 e. The Kier molecular flexibility index (Phi) is 4.53. The molecule has 0 aliphatic heterocycles. The van der Waals surface area contributed by atoms with Crippen LogP contribution in [0.1, 0.15) is 10.6 Å². The number of anilines is 1. The second-order valence-electron chi connectivity index (χ2n) is 3.71. The van der Waals surface area contributed by atoms with E-state index in [1.54, 1.807) is 11.3 Å². The Labute approximate surface area is 113 Å². The van der Waals surface area contributed by atoms with Crippen molar-refractivity contribution in [1.29, 1.82) is 0 Å². The number of nitrogens with two attached hydrogens (primary N) is 1. The highest BCUT2D eigenvalue weighted by atomic mass is 79.9. The van der Waals surface area contributed by atoms with E-state index in [0.29, 0.717) is 0 Å². The van der Waals surface area contributed by atoms with Crippen molar-refractivity contribution in [1.82, 2.24) is 10.3 Å². The molecule has 17 heavy (non-hydrogen) atoms. The Hall–Kier alpha value is -0.910. The van der Waals surface area contributed by atoms with Crippen LogP contribution in [0, 0.1) is 0 Å². The van der Waals surface area contributed by atoms with Gasteiger partial charge in [0.2, 0.25) is 0 Å². The van der Waals surface area contributed by atoms with Gasteiger partial charge in [0.1, 0.15) is 0 Å². The van der Waals surface area contributed by atoms with Gasteiger partial charge in [-0.1, -0.05) is 6.07 Å². The molecular formula is C12H14BrN3S. The number of thiazole rings is 1. The number of nitrogens with one attached hydrogen (secondary N) is 1. The van der Waals surface area contributed by atoms with Crippen LogP contribution >= 0.6 is 27.3 Å². The van der Waals surface area contributed by atoms with Crippen molar-refractivity contribution in [2.45, 2.75) is 13.0 Å². The van der Waals surface area contributed by atoms with Gasteiger partial charge >= 0.3 is 0 Å². The average molecular weight is 312 g/mol. The molecule has 1 aromatic heterocycles. The summed E-state index contributed by atoms with van der Waals surface area (Å²) in [5.74, 6) is 0. The molecule has 0 bridgehead atoms. The standard InChI is InChI=1S/C12H14BrN3S/c13-10-7-9(1-2-11(10)14)8-15-4-3-12-16-5-6-17-12/h1-2,5-7,15H,3-4,8,14H2. The quantitative estimate of drug-likeness (QED) is 0.659. The summed E-state index contributed by atoms with van der Waals surface area (Å²) in [6.07, 6.45) is 2.82. The number of nitrogen functional groups attached to an aromatic ring is 1. The van der Waals surface area contributed by atoms with Gasteiger partial charge < -0.3 is 11.1 Å². The largest absolute Gasteiger partial charge is 0.398 e. The topological polar surface area (TPSA) is 50.9 Å². The molecule has 1 heterocycles. The number of halogens is 1. The maximum atomic E-state index is 5.73. The van der Waals surface area contributed by atoms with E-state index in [4.69, 9.17) is 5.73 Å². The molecule has 0 unspecified atom stereocenters. The van der Waals surface area contributed by atoms with Gasteiger partial charge in [-0.05, 0) is 33.6 Å². The highest BCUT2D eigenvalue weighted by Gasteiger charge is 1.99. The molecule has 0 amide bonds. The van der Waals surface area contributed by atoms with E-state index >= 15 is 0 Å². The van der Waals surface area contributed by atoms with Crippen LogP contribution in [-0.2, 0) is 13.0 Å². The first-order valence-electron chi connectivity index (χ1n) is 5.38. The normalized spacial score (nSPS) is 10.6. The number of hydrogen-bond donors (Lipinski definition) is 2. The van der Waals surface area contributed by atoms with Gasteiger partial charge in [0.15, 0.2) is 0 Å². The third kappa shape index (κ3) is 3.80. The van der Waals surface area contributed by atoms with Crippen LogP contribution in [0.25, 0.3) is 0 Å². The average Bonchev–Trinajstić information content (AvgIpc) is 2.82. The zero-order valence-electron chi connectivity index (χ0n) is 9.32. The minimum absolute atomic E-state index is 0.775. The molecule has 0 fully saturated rings. The molecule has 3 nitrogen and oxygen atoms in total. The van der Waals surface area contributed by atoms with Gasteiger partial charge in [-0.2, -0.15) is 0 Å². The molecule has 2 aromatic rings. The molecule has 0 saturated heterocycles. The van der Waals surface area contributed by atoms with Crippen LogP contribution in [0.4, 0.5) is 5.69 Å². The highest BCUT2D eigenvalue weighted by Crippen LogP contribution is 2.20. The monoisotopic (exact) mass is 311 g/mol. The number of nitrogens with zero attached hydrogens (tertiary/aromatic N) is 1. The minimum atomic E-state index is 0.775. The van der Waals surface area contributed by atoms with Crippen molar-refractivity contribution < 1.29 is 0 Å². The summed E-state index contributed by atoms with van der Waals surface area (Å²) < 4.78 is 0.955. The van der Waals surface area contributed by atoms with E-state index in [9.17, 15) is 0 Å². The molecule has 3 N–H and O–H groups in total. The maximum Gasteiger partial charge on any atom is 0.0937 e. The summed E-state index contributed by atoms with van der Waals surface area (Å²) in [6, 6.07) is 6.00. The zero-order chi connectivity index (χ0) is 12.1. The summed E-state index contributed by atoms with van der Waals surface area (Å²) in [5, 5.41) is 6.57. The van der Waals surface area contributed by atoms with E-state index in [2.05, 4.69) is 26.2 Å². The number of aromatic nitrogens is 1. The summed E-state index contributed by atoms with van der Waals surface area (Å²) in [5.41, 5.74) is 7.74. The summed E-state index contributed by atoms with van der Waals surface area (Å²) in [6.45, 7) is 1.79. The Balaban J connectivity index is 1.76. The van der Waals surface area contributed by atoms with E-state index < -0.39 is 0 Å². The number of benzene rings is 1. The van der Waals surface area contributed by atoms with E-state index in [1.165, 1.54) is 10.6 Å². The fourth-order valence-corrected chi connectivity index (χ4v) is 2.53. The second kappa shape index (κ2) is 6.14. The lowest BCUT2D eigenvalue weighted by molar-refractivity contribution is 0.685. The van der Waals surface area contributed by atoms with Crippen LogP contribution < -0.4 is 11.1 Å². The molecule has 90 valence electrons. The van der Waals surface area contributed by atoms with Crippen molar-refractivity contribution in [2.75, 3.05) is 12.3 Å². The molecule has 0 radical (unpaired) electrons. The molecule has 1 aromatic carbocycles. The van der Waals surface area contributed by atoms with Crippen LogP contribution in [-0.4, -0.2) is 11.5 Å². The van der Waals surface area contributed by atoms with Gasteiger partial charge in [-0.3, -0.25) is 0 Å². The van der Waals surface area contributed by atoms with Gasteiger partial charge in [-0.15, -0.1) is 11.3 Å². The number of hydrogen-bond acceptors (Lipinski definition) is 4. The SMILES string of the molecule is Nc1ccc(CNCCc2nccs2)cc1Br. The first kappa shape index (κ1) is 12.5. The van der Waals surface area contributed by atoms with Crippen LogP contribution in [0.5, 0.6) is 0 Å². The zero-order valence-corrected chi connectivity index (χ0v) is 11.7. The van der Waals surface area contributed by atoms with Crippen molar-refractivity contribution >= 4 is 33.0 Å². The molecule has 2 rings (SSSR count). The first-order chi connectivity index (χ1) is 8.25. The molecule has 0 aliphatic carbocycles. The van der Waals surface area contributed by atoms with Crippen LogP contribution in [0.15, 0.2) is 34.2 Å². The lowest BCUT2D eigenvalue weighted by atomic mass is 10.2. The minimum Gasteiger partial charge on any atom is -0.398 e. The van der Waals surface area contributed by atoms with Crippen LogP contribution in [0.3, 0.4) is 0 Å². The highest BCUT2D eigenvalue weighted by molar-refractivity contribution is 9.10. The predicted octanol–water partition coefficient (Wildman–Crippen LogP) is 2.82. The van der Waals surface area contributed by atoms with Gasteiger partial charge in [0.25, 0.3) is 0 Å². The van der Waals surface area contributed by atoms with E-state index in [1.807, 2.05) is 29.8 Å². The van der Waals surface area contributed by atoms with Gasteiger partial charge in [0, 0.05) is 41.2 Å². The lowest BCUT2D eigenvalue weighted by Crippen LogP contribution is -2.16. The van der Waals surface area contributed by atoms with E-state index in [-0.39, 0.29) is 0 Å². The van der Waals surface area contributed by atoms with Crippen molar-refractivity contribution in [3.8, 4) is 0 Å². The predicted molar refractivity (Wildman–Crippen MR) is 76.1 cm³/mol. The Morgan fingerprint density at radius 3 is 3.00 bits per heavy atom. The van der Waals surface area contributed by atoms with Crippen LogP contribution in [0.2, 0.25) is 0 Å². The Bertz CT molecular complexity index is 471.